The Morgan fingerprint density at radius 1 is 0.412 bits per heavy atom. The zero-order chi connectivity index (χ0) is 45.4. The van der Waals surface area contributed by atoms with E-state index in [1.807, 2.05) is 36.6 Å². The van der Waals surface area contributed by atoms with Crippen molar-refractivity contribution in [2.75, 3.05) is 4.90 Å². The maximum absolute atomic E-state index is 6.82. The molecule has 3 heteroatoms. The Balaban J connectivity index is 0.869. The number of para-hydroxylation sites is 3. The van der Waals surface area contributed by atoms with Crippen LogP contribution in [0.25, 0.3) is 50.2 Å². The van der Waals surface area contributed by atoms with E-state index in [2.05, 4.69) is 235 Å². The van der Waals surface area contributed by atoms with Crippen LogP contribution in [0.3, 0.4) is 0 Å². The Morgan fingerprint density at radius 2 is 0.897 bits per heavy atom. The summed E-state index contributed by atoms with van der Waals surface area (Å²) >= 11 is 0. The van der Waals surface area contributed by atoms with Crippen LogP contribution in [0.1, 0.15) is 45.0 Å². The molecular weight excluding hydrogens is 823 g/mol. The molecule has 1 spiro atoms. The van der Waals surface area contributed by atoms with Gasteiger partial charge in [-0.3, -0.25) is 4.99 Å². The molecule has 1 aliphatic heterocycles. The largest absolute Gasteiger partial charge is 0.321 e. The van der Waals surface area contributed by atoms with E-state index in [9.17, 15) is 0 Å². The lowest BCUT2D eigenvalue weighted by molar-refractivity contribution is 0.753. The summed E-state index contributed by atoms with van der Waals surface area (Å²) in [5.74, 6) is 0. The molecule has 3 nitrogen and oxygen atoms in total. The SMILES string of the molecule is NC(/C=C(\N=Cc1ccc(-c2cccc(-c3ccc4c(c3)C3(c5ccccc5-4)c4ccccc4N(c4ccccc4)c4ccccc43)c2)cc1)c1ccccc1)c1ccc(-c2ccccc2)cc1. The fraction of sp³-hybridized carbons (Fsp3) is 0.0308. The first-order valence-corrected chi connectivity index (χ1v) is 23.4. The van der Waals surface area contributed by atoms with Gasteiger partial charge in [0.2, 0.25) is 0 Å². The van der Waals surface area contributed by atoms with Gasteiger partial charge in [-0.1, -0.05) is 218 Å². The third kappa shape index (κ3) is 7.09. The molecule has 0 saturated heterocycles. The van der Waals surface area contributed by atoms with Crippen LogP contribution >= 0.6 is 0 Å². The minimum absolute atomic E-state index is 0.326. The number of fused-ring (bicyclic) bond motifs is 9. The zero-order valence-corrected chi connectivity index (χ0v) is 37.5. The van der Waals surface area contributed by atoms with Crippen molar-refractivity contribution in [2.45, 2.75) is 11.5 Å². The molecule has 68 heavy (non-hydrogen) atoms. The van der Waals surface area contributed by atoms with Gasteiger partial charge in [-0.15, -0.1) is 0 Å². The van der Waals surface area contributed by atoms with Gasteiger partial charge in [0.25, 0.3) is 0 Å². The van der Waals surface area contributed by atoms with Crippen molar-refractivity contribution in [1.29, 1.82) is 0 Å². The molecule has 1 unspecified atom stereocenters. The molecule has 2 N–H and O–H groups in total. The first kappa shape index (κ1) is 40.8. The number of hydrogen-bond donors (Lipinski definition) is 1. The van der Waals surface area contributed by atoms with Gasteiger partial charge in [-0.05, 0) is 126 Å². The van der Waals surface area contributed by atoms with Crippen LogP contribution in [-0.4, -0.2) is 6.21 Å². The Bertz CT molecular complexity index is 3450. The first-order valence-electron chi connectivity index (χ1n) is 23.4. The molecule has 322 valence electrons. The summed E-state index contributed by atoms with van der Waals surface area (Å²) < 4.78 is 0. The maximum atomic E-state index is 6.82. The van der Waals surface area contributed by atoms with Gasteiger partial charge >= 0.3 is 0 Å². The van der Waals surface area contributed by atoms with Crippen molar-refractivity contribution in [3.8, 4) is 44.5 Å². The van der Waals surface area contributed by atoms with Gasteiger partial charge in [0.1, 0.15) is 0 Å². The molecule has 0 fully saturated rings. The fourth-order valence-electron chi connectivity index (χ4n) is 10.5. The van der Waals surface area contributed by atoms with Crippen molar-refractivity contribution >= 4 is 29.0 Å². The number of hydrogen-bond acceptors (Lipinski definition) is 3. The van der Waals surface area contributed by atoms with Gasteiger partial charge in [0, 0.05) is 11.9 Å². The van der Waals surface area contributed by atoms with E-state index >= 15 is 0 Å². The summed E-state index contributed by atoms with van der Waals surface area (Å²) in [4.78, 5) is 7.46. The minimum atomic E-state index is -0.510. The second-order valence-corrected chi connectivity index (χ2v) is 17.7. The number of nitrogens with two attached hydrogens (primary N) is 1. The highest BCUT2D eigenvalue weighted by Crippen LogP contribution is 2.63. The smallest absolute Gasteiger partial charge is 0.0754 e. The van der Waals surface area contributed by atoms with Crippen LogP contribution < -0.4 is 10.6 Å². The Labute approximate surface area is 398 Å². The fourth-order valence-corrected chi connectivity index (χ4v) is 10.5. The van der Waals surface area contributed by atoms with E-state index in [1.165, 1.54) is 67.0 Å². The number of anilines is 3. The summed E-state index contributed by atoms with van der Waals surface area (Å²) in [6.07, 6.45) is 3.98. The molecule has 0 radical (unpaired) electrons. The molecule has 1 aliphatic carbocycles. The van der Waals surface area contributed by atoms with Crippen molar-refractivity contribution in [3.63, 3.8) is 0 Å². The predicted octanol–water partition coefficient (Wildman–Crippen LogP) is 16.0. The third-order valence-corrected chi connectivity index (χ3v) is 13.8. The third-order valence-electron chi connectivity index (χ3n) is 13.8. The zero-order valence-electron chi connectivity index (χ0n) is 37.5. The topological polar surface area (TPSA) is 41.6 Å². The lowest BCUT2D eigenvalue weighted by atomic mass is 9.64. The van der Waals surface area contributed by atoms with Gasteiger partial charge < -0.3 is 10.6 Å². The number of nitrogens with zero attached hydrogens (tertiary/aromatic N) is 2. The molecule has 0 bridgehead atoms. The summed E-state index contributed by atoms with van der Waals surface area (Å²) in [6, 6.07) is 91.3. The van der Waals surface area contributed by atoms with Crippen molar-refractivity contribution < 1.29 is 0 Å². The Kier molecular flexibility index (Phi) is 10.4. The molecular formula is C65H47N3. The van der Waals surface area contributed by atoms with Crippen molar-refractivity contribution in [3.05, 3.63) is 300 Å². The number of rotatable bonds is 9. The molecule has 0 amide bonds. The average Bonchev–Trinajstić information content (AvgIpc) is 3.70. The van der Waals surface area contributed by atoms with Crippen LogP contribution in [0.4, 0.5) is 17.1 Å². The minimum Gasteiger partial charge on any atom is -0.321 e. The summed E-state index contributed by atoms with van der Waals surface area (Å²) in [5, 5.41) is 0. The van der Waals surface area contributed by atoms with E-state index in [0.29, 0.717) is 0 Å². The molecule has 2 aliphatic rings. The predicted molar refractivity (Wildman–Crippen MR) is 284 cm³/mol. The highest BCUT2D eigenvalue weighted by Gasteiger charge is 2.51. The summed E-state index contributed by atoms with van der Waals surface area (Å²) in [5.41, 5.74) is 28.5. The number of aliphatic imine (C=N–C) groups is 1. The van der Waals surface area contributed by atoms with E-state index in [0.717, 1.165) is 39.2 Å². The van der Waals surface area contributed by atoms with Crippen LogP contribution in [0.5, 0.6) is 0 Å². The molecule has 10 aromatic carbocycles. The lowest BCUT2D eigenvalue weighted by Crippen LogP contribution is -2.36. The monoisotopic (exact) mass is 869 g/mol. The summed E-state index contributed by atoms with van der Waals surface area (Å²) in [7, 11) is 0. The van der Waals surface area contributed by atoms with Crippen molar-refractivity contribution in [2.24, 2.45) is 10.7 Å². The van der Waals surface area contributed by atoms with Crippen LogP contribution in [0.2, 0.25) is 0 Å². The first-order chi connectivity index (χ1) is 33.6. The number of benzene rings is 10. The van der Waals surface area contributed by atoms with E-state index < -0.39 is 5.41 Å². The van der Waals surface area contributed by atoms with E-state index in [4.69, 9.17) is 10.7 Å². The maximum Gasteiger partial charge on any atom is 0.0754 e. The normalized spacial score (nSPS) is 13.7. The van der Waals surface area contributed by atoms with Crippen LogP contribution in [0, 0.1) is 0 Å². The second-order valence-electron chi connectivity index (χ2n) is 17.7. The Hall–Kier alpha value is -8.63. The van der Waals surface area contributed by atoms with Gasteiger partial charge in [0.05, 0.1) is 28.5 Å². The average molecular weight is 870 g/mol. The lowest BCUT2D eigenvalue weighted by Gasteiger charge is -2.45. The van der Waals surface area contributed by atoms with Crippen molar-refractivity contribution in [1.82, 2.24) is 0 Å². The van der Waals surface area contributed by atoms with Gasteiger partial charge in [-0.25, -0.2) is 0 Å². The van der Waals surface area contributed by atoms with Crippen LogP contribution in [0.15, 0.2) is 266 Å². The molecule has 1 atom stereocenters. The highest BCUT2D eigenvalue weighted by molar-refractivity contribution is 5.97. The molecule has 10 aromatic rings. The van der Waals surface area contributed by atoms with Gasteiger partial charge in [-0.2, -0.15) is 0 Å². The summed E-state index contributed by atoms with van der Waals surface area (Å²) in [6.45, 7) is 0. The highest BCUT2D eigenvalue weighted by atomic mass is 15.2. The van der Waals surface area contributed by atoms with E-state index in [1.54, 1.807) is 0 Å². The molecule has 1 heterocycles. The van der Waals surface area contributed by atoms with E-state index in [-0.39, 0.29) is 6.04 Å². The molecule has 0 saturated carbocycles. The Morgan fingerprint density at radius 3 is 1.59 bits per heavy atom. The quantitative estimate of drug-likeness (QED) is 0.147. The standard InChI is InChI=1S/C65H47N3/c66-61(49-37-35-47(36-38-49)46-17-4-1-5-18-46)43-62(50-19-6-2-7-20-50)67-44-45-31-33-48(34-32-45)51-21-16-22-52(41-51)53-39-40-56-55-25-10-11-26-57(55)65(60(56)42-53)58-27-12-14-29-63(58)68(54-23-8-3-9-24-54)64-30-15-13-28-59(64)65/h1-44,61H,66H2/b62-43-,67-44?. The van der Waals surface area contributed by atoms with Crippen LogP contribution in [-0.2, 0) is 5.41 Å². The second kappa shape index (κ2) is 17.3. The van der Waals surface area contributed by atoms with Gasteiger partial charge in [0.15, 0.2) is 0 Å². The molecule has 12 rings (SSSR count). The molecule has 0 aromatic heterocycles.